The maximum atomic E-state index is 12.8. The van der Waals surface area contributed by atoms with Crippen molar-refractivity contribution in [1.29, 1.82) is 0 Å². The molecule has 0 spiro atoms. The summed E-state index contributed by atoms with van der Waals surface area (Å²) in [5.41, 5.74) is 0.859. The van der Waals surface area contributed by atoms with Crippen LogP contribution in [0.3, 0.4) is 0 Å². The number of carbonyl (C=O) groups excluding carboxylic acids is 2. The molecule has 1 aliphatic rings. The monoisotopic (exact) mass is 358 g/mol. The quantitative estimate of drug-likeness (QED) is 0.329. The van der Waals surface area contributed by atoms with Gasteiger partial charge >= 0.3 is 0 Å². The number of benzene rings is 1. The summed E-state index contributed by atoms with van der Waals surface area (Å²) in [6.07, 6.45) is 3.28. The van der Waals surface area contributed by atoms with E-state index in [0.29, 0.717) is 11.1 Å². The Morgan fingerprint density at radius 2 is 1.70 bits per heavy atom. The summed E-state index contributed by atoms with van der Waals surface area (Å²) in [6.45, 7) is 0. The molecule has 1 aliphatic heterocycles. The Hall–Kier alpha value is -1.56. The molecule has 1 aromatic carbocycles. The third-order valence-electron chi connectivity index (χ3n) is 3.21. The first-order chi connectivity index (χ1) is 11.3. The van der Waals surface area contributed by atoms with Gasteiger partial charge in [-0.05, 0) is 23.6 Å². The number of hydrogen-bond donors (Lipinski definition) is 0. The molecule has 1 saturated heterocycles. The smallest absolute Gasteiger partial charge is 0.198 e. The number of thioether (sulfide) groups is 2. The molecule has 0 radical (unpaired) electrons. The molecular formula is C18H14O2S3. The number of Topliss-reactive ketones (excluding diaryl/α,β-unsaturated/α-hetero) is 1. The molecule has 2 aromatic rings. The van der Waals surface area contributed by atoms with E-state index < -0.39 is 0 Å². The highest BCUT2D eigenvalue weighted by molar-refractivity contribution is 8.25. The molecule has 23 heavy (non-hydrogen) atoms. The highest BCUT2D eigenvalue weighted by Crippen LogP contribution is 2.39. The van der Waals surface area contributed by atoms with E-state index in [-0.39, 0.29) is 11.6 Å². The van der Waals surface area contributed by atoms with Crippen LogP contribution in [0.5, 0.6) is 0 Å². The summed E-state index contributed by atoms with van der Waals surface area (Å²) in [5, 5.41) is 1.96. The average molecular weight is 359 g/mol. The van der Waals surface area contributed by atoms with E-state index in [1.165, 1.54) is 6.08 Å². The van der Waals surface area contributed by atoms with Gasteiger partial charge in [0.25, 0.3) is 0 Å². The number of rotatable bonds is 5. The first-order valence-electron chi connectivity index (χ1n) is 7.11. The molecule has 0 aliphatic carbocycles. The predicted octanol–water partition coefficient (Wildman–Crippen LogP) is 4.90. The van der Waals surface area contributed by atoms with Crippen LogP contribution in [0.15, 0.2) is 63.7 Å². The maximum Gasteiger partial charge on any atom is 0.198 e. The van der Waals surface area contributed by atoms with E-state index in [0.717, 1.165) is 20.6 Å². The fourth-order valence-electron chi connectivity index (χ4n) is 2.12. The Bertz CT molecular complexity index is 751. The van der Waals surface area contributed by atoms with E-state index in [1.807, 2.05) is 35.7 Å². The highest BCUT2D eigenvalue weighted by Gasteiger charge is 2.25. The van der Waals surface area contributed by atoms with E-state index in [9.17, 15) is 9.59 Å². The van der Waals surface area contributed by atoms with Crippen molar-refractivity contribution in [3.8, 4) is 0 Å². The van der Waals surface area contributed by atoms with Gasteiger partial charge in [0.05, 0.1) is 9.81 Å². The maximum absolute atomic E-state index is 12.8. The standard InChI is InChI=1S/C18H14O2S3/c19-15(9-8-14-7-4-10-21-14)16(18-22-11-12-23-18)17(20)13-5-2-1-3-6-13/h1-10H,11-12H2. The van der Waals surface area contributed by atoms with Crippen LogP contribution in [0.2, 0.25) is 0 Å². The van der Waals surface area contributed by atoms with Gasteiger partial charge < -0.3 is 0 Å². The predicted molar refractivity (Wildman–Crippen MR) is 101 cm³/mol. The van der Waals surface area contributed by atoms with Crippen molar-refractivity contribution in [1.82, 2.24) is 0 Å². The number of carbonyl (C=O) groups is 2. The van der Waals surface area contributed by atoms with E-state index in [4.69, 9.17) is 0 Å². The minimum Gasteiger partial charge on any atom is -0.289 e. The number of ketones is 2. The number of allylic oxidation sites excluding steroid dienone is 2. The minimum atomic E-state index is -0.218. The Kier molecular flexibility index (Phi) is 5.54. The van der Waals surface area contributed by atoms with Crippen LogP contribution >= 0.6 is 34.9 Å². The van der Waals surface area contributed by atoms with Crippen LogP contribution in [0.1, 0.15) is 15.2 Å². The van der Waals surface area contributed by atoms with Gasteiger partial charge in [-0.15, -0.1) is 34.9 Å². The van der Waals surface area contributed by atoms with Crippen LogP contribution < -0.4 is 0 Å². The second-order valence-corrected chi connectivity index (χ2v) is 8.22. The van der Waals surface area contributed by atoms with Crippen LogP contribution in [0, 0.1) is 0 Å². The van der Waals surface area contributed by atoms with E-state index >= 15 is 0 Å². The first-order valence-corrected chi connectivity index (χ1v) is 9.96. The van der Waals surface area contributed by atoms with Gasteiger partial charge in [0.2, 0.25) is 0 Å². The van der Waals surface area contributed by atoms with Crippen LogP contribution in [0.4, 0.5) is 0 Å². The molecule has 2 nitrogen and oxygen atoms in total. The third kappa shape index (κ3) is 4.05. The SMILES string of the molecule is O=C(C=Cc1cccs1)C(C(=O)c1ccccc1)=C1SCCS1. The van der Waals surface area contributed by atoms with Crippen molar-refractivity contribution in [2.75, 3.05) is 11.5 Å². The van der Waals surface area contributed by atoms with E-state index in [1.54, 1.807) is 53.1 Å². The summed E-state index contributed by atoms with van der Waals surface area (Å²) in [7, 11) is 0. The molecule has 0 bridgehead atoms. The molecular weight excluding hydrogens is 344 g/mol. The van der Waals surface area contributed by atoms with Crippen LogP contribution in [-0.4, -0.2) is 23.1 Å². The third-order valence-corrected chi connectivity index (χ3v) is 6.76. The minimum absolute atomic E-state index is 0.191. The normalized spacial score (nSPS) is 14.3. The van der Waals surface area contributed by atoms with Crippen molar-refractivity contribution in [2.45, 2.75) is 0 Å². The van der Waals surface area contributed by atoms with Gasteiger partial charge in [-0.1, -0.05) is 36.4 Å². The van der Waals surface area contributed by atoms with Gasteiger partial charge in [0, 0.05) is 21.9 Å². The van der Waals surface area contributed by atoms with Crippen molar-refractivity contribution in [3.63, 3.8) is 0 Å². The molecule has 2 heterocycles. The lowest BCUT2D eigenvalue weighted by atomic mass is 10.0. The zero-order valence-electron chi connectivity index (χ0n) is 12.2. The second-order valence-electron chi connectivity index (χ2n) is 4.77. The zero-order valence-corrected chi connectivity index (χ0v) is 14.7. The fraction of sp³-hybridized carbons (Fsp3) is 0.111. The molecule has 1 aromatic heterocycles. The van der Waals surface area contributed by atoms with Gasteiger partial charge in [-0.25, -0.2) is 0 Å². The largest absolute Gasteiger partial charge is 0.289 e. The van der Waals surface area contributed by atoms with Crippen molar-refractivity contribution in [2.24, 2.45) is 0 Å². The molecule has 116 valence electrons. The lowest BCUT2D eigenvalue weighted by molar-refractivity contribution is -0.111. The van der Waals surface area contributed by atoms with Crippen molar-refractivity contribution in [3.05, 3.63) is 74.2 Å². The van der Waals surface area contributed by atoms with Gasteiger partial charge in [-0.2, -0.15) is 0 Å². The zero-order chi connectivity index (χ0) is 16.1. The molecule has 0 N–H and O–H groups in total. The van der Waals surface area contributed by atoms with Gasteiger partial charge in [0.1, 0.15) is 0 Å². The van der Waals surface area contributed by atoms with Crippen LogP contribution in [0.25, 0.3) is 6.08 Å². The molecule has 0 amide bonds. The second kappa shape index (κ2) is 7.81. The number of thiophene rings is 1. The van der Waals surface area contributed by atoms with Crippen molar-refractivity contribution >= 4 is 52.5 Å². The molecule has 5 heteroatoms. The molecule has 0 atom stereocenters. The van der Waals surface area contributed by atoms with Crippen LogP contribution in [-0.2, 0) is 4.79 Å². The summed E-state index contributed by atoms with van der Waals surface area (Å²) < 4.78 is 0.847. The highest BCUT2D eigenvalue weighted by atomic mass is 32.2. The van der Waals surface area contributed by atoms with Gasteiger partial charge in [-0.3, -0.25) is 9.59 Å². The lowest BCUT2D eigenvalue weighted by Crippen LogP contribution is -2.12. The molecule has 1 fully saturated rings. The summed E-state index contributed by atoms with van der Waals surface area (Å²) in [6, 6.07) is 12.9. The van der Waals surface area contributed by atoms with Gasteiger partial charge in [0.15, 0.2) is 11.6 Å². The summed E-state index contributed by atoms with van der Waals surface area (Å²) in [4.78, 5) is 26.5. The first kappa shape index (κ1) is 16.3. The lowest BCUT2D eigenvalue weighted by Gasteiger charge is -2.06. The Labute approximate surface area is 147 Å². The average Bonchev–Trinajstić information content (AvgIpc) is 3.28. The molecule has 0 unspecified atom stereocenters. The topological polar surface area (TPSA) is 34.1 Å². The van der Waals surface area contributed by atoms with Crippen molar-refractivity contribution < 1.29 is 9.59 Å². The molecule has 3 rings (SSSR count). The van der Waals surface area contributed by atoms with E-state index in [2.05, 4.69) is 0 Å². The Morgan fingerprint density at radius 1 is 0.957 bits per heavy atom. The summed E-state index contributed by atoms with van der Waals surface area (Å²) in [5.74, 6) is 1.47. The summed E-state index contributed by atoms with van der Waals surface area (Å²) >= 11 is 4.75. The Balaban J connectivity index is 1.92. The Morgan fingerprint density at radius 3 is 2.35 bits per heavy atom. The fourth-order valence-corrected chi connectivity index (χ4v) is 5.29. The molecule has 0 saturated carbocycles. The number of hydrogen-bond acceptors (Lipinski definition) is 5.